The van der Waals surface area contributed by atoms with E-state index in [-0.39, 0.29) is 29.7 Å². The molecule has 2 heterocycles. The van der Waals surface area contributed by atoms with Crippen molar-refractivity contribution in [1.29, 1.82) is 0 Å². The Kier molecular flexibility index (Phi) is 4.33. The normalized spacial score (nSPS) is 20.9. The van der Waals surface area contributed by atoms with E-state index in [4.69, 9.17) is 0 Å². The molecule has 0 N–H and O–H groups in total. The average Bonchev–Trinajstić information content (AvgIpc) is 3.10. The maximum absolute atomic E-state index is 14.5. The Morgan fingerprint density at radius 1 is 1.20 bits per heavy atom. The van der Waals surface area contributed by atoms with Crippen molar-refractivity contribution in [1.82, 2.24) is 0 Å². The molecule has 0 unspecified atom stereocenters. The first-order valence-electron chi connectivity index (χ1n) is 8.12. The molecule has 0 spiro atoms. The second-order valence-corrected chi connectivity index (χ2v) is 7.97. The highest BCUT2D eigenvalue weighted by atomic mass is 79.9. The van der Waals surface area contributed by atoms with Gasteiger partial charge in [-0.25, -0.2) is 4.39 Å². The van der Waals surface area contributed by atoms with Gasteiger partial charge in [0, 0.05) is 34.5 Å². The molecule has 1 aliphatic heterocycles. The molecule has 1 aromatic heterocycles. The Morgan fingerprint density at radius 3 is 2.76 bits per heavy atom. The topological polar surface area (TPSA) is 37.4 Å². The number of Topliss-reactive ketones (excluding diaryl/α,β-unsaturated/α-hetero) is 1. The highest BCUT2D eigenvalue weighted by Gasteiger charge is 2.40. The lowest BCUT2D eigenvalue weighted by Crippen LogP contribution is -2.40. The molecule has 0 fully saturated rings. The smallest absolute Gasteiger partial charge is 0.232 e. The van der Waals surface area contributed by atoms with Gasteiger partial charge in [-0.05, 0) is 53.4 Å². The summed E-state index contributed by atoms with van der Waals surface area (Å²) in [4.78, 5) is 27.0. The van der Waals surface area contributed by atoms with Gasteiger partial charge in [0.2, 0.25) is 5.91 Å². The van der Waals surface area contributed by atoms with Gasteiger partial charge in [0.25, 0.3) is 0 Å². The molecule has 1 amide bonds. The monoisotopic (exact) mass is 419 g/mol. The first kappa shape index (κ1) is 16.7. The van der Waals surface area contributed by atoms with E-state index in [0.29, 0.717) is 35.0 Å². The molecule has 4 rings (SSSR count). The quantitative estimate of drug-likeness (QED) is 0.672. The van der Waals surface area contributed by atoms with Crippen molar-refractivity contribution in [3.8, 4) is 0 Å². The molecule has 2 aromatic rings. The van der Waals surface area contributed by atoms with Crippen LogP contribution in [0, 0.1) is 5.82 Å². The lowest BCUT2D eigenvalue weighted by atomic mass is 9.78. The fourth-order valence-corrected chi connectivity index (χ4v) is 4.74. The number of thiophene rings is 1. The summed E-state index contributed by atoms with van der Waals surface area (Å²) < 4.78 is 15.1. The number of benzene rings is 1. The van der Waals surface area contributed by atoms with Crippen LogP contribution in [0.15, 0.2) is 50.8 Å². The zero-order valence-corrected chi connectivity index (χ0v) is 15.7. The van der Waals surface area contributed by atoms with Gasteiger partial charge < -0.3 is 0 Å². The lowest BCUT2D eigenvalue weighted by Gasteiger charge is -2.38. The van der Waals surface area contributed by atoms with E-state index in [1.807, 2.05) is 16.8 Å². The number of anilines is 1. The van der Waals surface area contributed by atoms with Crippen molar-refractivity contribution >= 4 is 44.6 Å². The second-order valence-electron chi connectivity index (χ2n) is 6.28. The lowest BCUT2D eigenvalue weighted by molar-refractivity contribution is -0.120. The van der Waals surface area contributed by atoms with E-state index in [1.165, 1.54) is 11.0 Å². The number of hydrogen-bond donors (Lipinski definition) is 0. The van der Waals surface area contributed by atoms with Crippen molar-refractivity contribution in [2.75, 3.05) is 4.90 Å². The third kappa shape index (κ3) is 2.87. The number of carbonyl (C=O) groups excluding carboxylic acids is 2. The molecular weight excluding hydrogens is 405 g/mol. The van der Waals surface area contributed by atoms with Crippen LogP contribution < -0.4 is 4.90 Å². The third-order valence-electron chi connectivity index (χ3n) is 4.77. The summed E-state index contributed by atoms with van der Waals surface area (Å²) in [6, 6.07) is 6.61. The van der Waals surface area contributed by atoms with Crippen LogP contribution in [0.1, 0.15) is 37.2 Å². The molecule has 3 nitrogen and oxygen atoms in total. The molecular formula is C19H15BrFNO2S. The van der Waals surface area contributed by atoms with Gasteiger partial charge in [-0.3, -0.25) is 14.5 Å². The van der Waals surface area contributed by atoms with Crippen LogP contribution in [0.5, 0.6) is 0 Å². The summed E-state index contributed by atoms with van der Waals surface area (Å²) in [7, 11) is 0. The largest absolute Gasteiger partial charge is 0.294 e. The Balaban J connectivity index is 1.88. The average molecular weight is 420 g/mol. The fourth-order valence-electron chi connectivity index (χ4n) is 3.69. The van der Waals surface area contributed by atoms with Gasteiger partial charge in [0.15, 0.2) is 5.78 Å². The molecule has 6 heteroatoms. The predicted molar refractivity (Wildman–Crippen MR) is 99.1 cm³/mol. The van der Waals surface area contributed by atoms with E-state index < -0.39 is 5.82 Å². The maximum Gasteiger partial charge on any atom is 0.232 e. The maximum atomic E-state index is 14.5. The molecule has 25 heavy (non-hydrogen) atoms. The van der Waals surface area contributed by atoms with Gasteiger partial charge in [0.1, 0.15) is 5.82 Å². The zero-order valence-electron chi connectivity index (χ0n) is 13.3. The van der Waals surface area contributed by atoms with Gasteiger partial charge >= 0.3 is 0 Å². The molecule has 1 atom stereocenters. The highest BCUT2D eigenvalue weighted by molar-refractivity contribution is 9.10. The van der Waals surface area contributed by atoms with Crippen LogP contribution in [0.25, 0.3) is 0 Å². The molecule has 0 bridgehead atoms. The van der Waals surface area contributed by atoms with Crippen LogP contribution in [-0.2, 0) is 9.59 Å². The summed E-state index contributed by atoms with van der Waals surface area (Å²) in [6.45, 7) is 0. The van der Waals surface area contributed by atoms with Crippen molar-refractivity contribution in [2.24, 2.45) is 0 Å². The van der Waals surface area contributed by atoms with E-state index in [0.717, 1.165) is 5.56 Å². The molecule has 0 saturated carbocycles. The fraction of sp³-hybridized carbons (Fsp3) is 0.263. The molecule has 2 aliphatic rings. The Morgan fingerprint density at radius 2 is 2.04 bits per heavy atom. The molecule has 1 aromatic carbocycles. The predicted octanol–water partition coefficient (Wildman–Crippen LogP) is 5.18. The van der Waals surface area contributed by atoms with E-state index in [1.54, 1.807) is 23.5 Å². The van der Waals surface area contributed by atoms with Gasteiger partial charge in [-0.1, -0.05) is 15.9 Å². The summed E-state index contributed by atoms with van der Waals surface area (Å²) >= 11 is 4.79. The van der Waals surface area contributed by atoms with Crippen LogP contribution in [0.3, 0.4) is 0 Å². The minimum Gasteiger partial charge on any atom is -0.294 e. The second kappa shape index (κ2) is 6.50. The SMILES string of the molecule is O=C1CCCC2=C1[C@H](c1ccsc1)CC(=O)N2c1ccc(Br)cc1F. The van der Waals surface area contributed by atoms with Crippen LogP contribution in [0.2, 0.25) is 0 Å². The van der Waals surface area contributed by atoms with Crippen molar-refractivity contribution in [2.45, 2.75) is 31.6 Å². The summed E-state index contributed by atoms with van der Waals surface area (Å²) in [5.74, 6) is -0.767. The number of hydrogen-bond acceptors (Lipinski definition) is 3. The third-order valence-corrected chi connectivity index (χ3v) is 5.97. The molecule has 128 valence electrons. The standard InChI is InChI=1S/C19H15BrFNO2S/c20-12-4-5-15(14(21)8-12)22-16-2-1-3-17(23)19(16)13(9-18(22)24)11-6-7-25-10-11/h4-8,10,13H,1-3,9H2/t13-/m0/s1. The molecule has 0 saturated heterocycles. The van der Waals surface area contributed by atoms with Crippen LogP contribution >= 0.6 is 27.3 Å². The summed E-state index contributed by atoms with van der Waals surface area (Å²) in [5, 5.41) is 3.94. The van der Waals surface area contributed by atoms with E-state index in [2.05, 4.69) is 15.9 Å². The minimum atomic E-state index is -0.471. The summed E-state index contributed by atoms with van der Waals surface area (Å²) in [5.41, 5.74) is 2.58. The highest BCUT2D eigenvalue weighted by Crippen LogP contribution is 2.44. The number of rotatable bonds is 2. The first-order valence-corrected chi connectivity index (χ1v) is 9.86. The molecule has 1 aliphatic carbocycles. The number of halogens is 2. The number of allylic oxidation sites excluding steroid dienone is 2. The van der Waals surface area contributed by atoms with E-state index >= 15 is 0 Å². The number of carbonyl (C=O) groups is 2. The van der Waals surface area contributed by atoms with Crippen LogP contribution in [0.4, 0.5) is 10.1 Å². The van der Waals surface area contributed by atoms with Gasteiger partial charge in [0.05, 0.1) is 5.69 Å². The van der Waals surface area contributed by atoms with Gasteiger partial charge in [-0.2, -0.15) is 11.3 Å². The van der Waals surface area contributed by atoms with Crippen molar-refractivity contribution in [3.05, 3.63) is 62.1 Å². The Labute approximate surface area is 157 Å². The Bertz CT molecular complexity index is 891. The number of ketones is 1. The van der Waals surface area contributed by atoms with Gasteiger partial charge in [-0.15, -0.1) is 0 Å². The number of amides is 1. The molecule has 0 radical (unpaired) electrons. The first-order chi connectivity index (χ1) is 12.1. The van der Waals surface area contributed by atoms with Crippen molar-refractivity contribution in [3.63, 3.8) is 0 Å². The summed E-state index contributed by atoms with van der Waals surface area (Å²) in [6.07, 6.45) is 1.99. The van der Waals surface area contributed by atoms with E-state index in [9.17, 15) is 14.0 Å². The number of nitrogens with zero attached hydrogens (tertiary/aromatic N) is 1. The zero-order chi connectivity index (χ0) is 17.6. The van der Waals surface area contributed by atoms with Crippen LogP contribution in [-0.4, -0.2) is 11.7 Å². The minimum absolute atomic E-state index is 0.0764. The Hall–Kier alpha value is -1.79. The van der Waals surface area contributed by atoms with Crippen molar-refractivity contribution < 1.29 is 14.0 Å².